The van der Waals surface area contributed by atoms with Crippen LogP contribution in [-0.4, -0.2) is 49.8 Å². The average molecular weight is 216 g/mol. The fourth-order valence-electron chi connectivity index (χ4n) is 2.41. The molecule has 4 nitrogen and oxygen atoms in total. The standard InChI is InChI=1S/C11H20O4/c1-7(2)8-5-14-11-9(13-4-3-12)6-15-10(8)11/h7-12H,3-6H2,1-2H3/t8-,9-,10-,11+/m0/s1. The van der Waals surface area contributed by atoms with Gasteiger partial charge in [0.15, 0.2) is 0 Å². The summed E-state index contributed by atoms with van der Waals surface area (Å²) >= 11 is 0. The fourth-order valence-corrected chi connectivity index (χ4v) is 2.41. The maximum absolute atomic E-state index is 8.70. The molecule has 2 saturated heterocycles. The monoisotopic (exact) mass is 216 g/mol. The van der Waals surface area contributed by atoms with Crippen molar-refractivity contribution in [3.63, 3.8) is 0 Å². The van der Waals surface area contributed by atoms with Crippen molar-refractivity contribution < 1.29 is 19.3 Å². The first-order chi connectivity index (χ1) is 7.24. The number of hydrogen-bond donors (Lipinski definition) is 1. The van der Waals surface area contributed by atoms with Gasteiger partial charge in [-0.15, -0.1) is 0 Å². The number of hydrogen-bond acceptors (Lipinski definition) is 4. The number of aliphatic hydroxyl groups is 1. The first kappa shape index (κ1) is 11.3. The smallest absolute Gasteiger partial charge is 0.112 e. The molecule has 2 aliphatic rings. The van der Waals surface area contributed by atoms with Crippen molar-refractivity contribution in [2.75, 3.05) is 26.4 Å². The molecule has 2 heterocycles. The van der Waals surface area contributed by atoms with Crippen LogP contribution in [0.25, 0.3) is 0 Å². The number of aliphatic hydroxyl groups excluding tert-OH is 1. The zero-order valence-corrected chi connectivity index (χ0v) is 9.39. The quantitative estimate of drug-likeness (QED) is 0.740. The van der Waals surface area contributed by atoms with E-state index in [1.165, 1.54) is 0 Å². The molecule has 2 rings (SSSR count). The third-order valence-electron chi connectivity index (χ3n) is 3.33. The normalized spacial score (nSPS) is 40.0. The van der Waals surface area contributed by atoms with Crippen LogP contribution in [0.3, 0.4) is 0 Å². The van der Waals surface area contributed by atoms with Gasteiger partial charge in [0.25, 0.3) is 0 Å². The van der Waals surface area contributed by atoms with E-state index in [0.29, 0.717) is 25.0 Å². The second-order valence-corrected chi connectivity index (χ2v) is 4.64. The minimum Gasteiger partial charge on any atom is -0.394 e. The van der Waals surface area contributed by atoms with Gasteiger partial charge in [-0.1, -0.05) is 13.8 Å². The van der Waals surface area contributed by atoms with Gasteiger partial charge in [0.05, 0.1) is 32.5 Å². The third-order valence-corrected chi connectivity index (χ3v) is 3.33. The van der Waals surface area contributed by atoms with E-state index in [-0.39, 0.29) is 24.9 Å². The predicted octanol–water partition coefficient (Wildman–Crippen LogP) is 0.434. The van der Waals surface area contributed by atoms with E-state index in [9.17, 15) is 0 Å². The zero-order valence-electron chi connectivity index (χ0n) is 9.39. The second-order valence-electron chi connectivity index (χ2n) is 4.64. The van der Waals surface area contributed by atoms with Gasteiger partial charge in [-0.2, -0.15) is 0 Å². The molecule has 1 N–H and O–H groups in total. The molecule has 4 heteroatoms. The van der Waals surface area contributed by atoms with Crippen LogP contribution in [0.5, 0.6) is 0 Å². The Hall–Kier alpha value is -0.160. The van der Waals surface area contributed by atoms with Crippen molar-refractivity contribution in [2.45, 2.75) is 32.2 Å². The summed E-state index contributed by atoms with van der Waals surface area (Å²) in [5.41, 5.74) is 0. The summed E-state index contributed by atoms with van der Waals surface area (Å²) in [7, 11) is 0. The Balaban J connectivity index is 1.90. The van der Waals surface area contributed by atoms with Crippen molar-refractivity contribution in [3.8, 4) is 0 Å². The summed E-state index contributed by atoms with van der Waals surface area (Å²) in [6, 6.07) is 0. The number of ether oxygens (including phenoxy) is 3. The minimum absolute atomic E-state index is 0.00546. The highest BCUT2D eigenvalue weighted by molar-refractivity contribution is 4.95. The van der Waals surface area contributed by atoms with Crippen molar-refractivity contribution in [3.05, 3.63) is 0 Å². The van der Waals surface area contributed by atoms with Crippen LogP contribution in [0.1, 0.15) is 13.8 Å². The van der Waals surface area contributed by atoms with E-state index in [1.807, 2.05) is 0 Å². The van der Waals surface area contributed by atoms with E-state index >= 15 is 0 Å². The molecule has 2 aliphatic heterocycles. The number of rotatable bonds is 4. The molecule has 0 spiro atoms. The topological polar surface area (TPSA) is 47.9 Å². The fraction of sp³-hybridized carbons (Fsp3) is 1.00. The summed E-state index contributed by atoms with van der Waals surface area (Å²) in [6.45, 7) is 6.18. The lowest BCUT2D eigenvalue weighted by atomic mass is 9.90. The van der Waals surface area contributed by atoms with Crippen molar-refractivity contribution in [1.29, 1.82) is 0 Å². The van der Waals surface area contributed by atoms with E-state index in [1.54, 1.807) is 0 Å². The summed E-state index contributed by atoms with van der Waals surface area (Å²) in [5.74, 6) is 1.06. The van der Waals surface area contributed by atoms with Crippen LogP contribution in [0, 0.1) is 11.8 Å². The molecule has 0 saturated carbocycles. The Kier molecular flexibility index (Phi) is 3.61. The van der Waals surface area contributed by atoms with Gasteiger partial charge in [0.2, 0.25) is 0 Å². The predicted molar refractivity (Wildman–Crippen MR) is 54.6 cm³/mol. The maximum Gasteiger partial charge on any atom is 0.112 e. The first-order valence-corrected chi connectivity index (χ1v) is 5.69. The lowest BCUT2D eigenvalue weighted by molar-refractivity contribution is -0.0426. The van der Waals surface area contributed by atoms with Crippen LogP contribution < -0.4 is 0 Å². The highest BCUT2D eigenvalue weighted by Crippen LogP contribution is 2.36. The van der Waals surface area contributed by atoms with Gasteiger partial charge in [0.1, 0.15) is 12.2 Å². The van der Waals surface area contributed by atoms with Gasteiger partial charge >= 0.3 is 0 Å². The molecule has 4 atom stereocenters. The van der Waals surface area contributed by atoms with E-state index in [4.69, 9.17) is 19.3 Å². The molecule has 0 aromatic heterocycles. The summed E-state index contributed by atoms with van der Waals surface area (Å²) in [4.78, 5) is 0. The summed E-state index contributed by atoms with van der Waals surface area (Å²) in [5, 5.41) is 8.70. The Bertz CT molecular complexity index is 207. The molecular weight excluding hydrogens is 196 g/mol. The highest BCUT2D eigenvalue weighted by atomic mass is 16.6. The van der Waals surface area contributed by atoms with E-state index in [0.717, 1.165) is 6.61 Å². The van der Waals surface area contributed by atoms with Crippen molar-refractivity contribution in [2.24, 2.45) is 11.8 Å². The van der Waals surface area contributed by atoms with Gasteiger partial charge in [-0.25, -0.2) is 0 Å². The lowest BCUT2D eigenvalue weighted by Gasteiger charge is -2.19. The highest BCUT2D eigenvalue weighted by Gasteiger charge is 2.48. The molecule has 88 valence electrons. The lowest BCUT2D eigenvalue weighted by Crippen LogP contribution is -2.33. The Morgan fingerprint density at radius 2 is 2.00 bits per heavy atom. The van der Waals surface area contributed by atoms with Crippen molar-refractivity contribution >= 4 is 0 Å². The molecule has 2 fully saturated rings. The molecule has 0 aromatic carbocycles. The SMILES string of the molecule is CC(C)[C@@H]1CO[C@H]2[C@H]1OC[C@@H]2OCCO. The van der Waals surface area contributed by atoms with Crippen LogP contribution in [0.4, 0.5) is 0 Å². The van der Waals surface area contributed by atoms with E-state index < -0.39 is 0 Å². The average Bonchev–Trinajstić information content (AvgIpc) is 2.74. The Morgan fingerprint density at radius 3 is 2.67 bits per heavy atom. The molecule has 0 bridgehead atoms. The molecule has 0 amide bonds. The minimum atomic E-state index is 0.00546. The van der Waals surface area contributed by atoms with Crippen LogP contribution in [0.2, 0.25) is 0 Å². The Labute approximate surface area is 90.5 Å². The molecule has 0 unspecified atom stereocenters. The molecule has 15 heavy (non-hydrogen) atoms. The molecular formula is C11H20O4. The Morgan fingerprint density at radius 1 is 1.27 bits per heavy atom. The summed E-state index contributed by atoms with van der Waals surface area (Å²) in [6.07, 6.45) is 0.267. The van der Waals surface area contributed by atoms with Crippen LogP contribution in [0.15, 0.2) is 0 Å². The third kappa shape index (κ3) is 2.18. The van der Waals surface area contributed by atoms with E-state index in [2.05, 4.69) is 13.8 Å². The van der Waals surface area contributed by atoms with Gasteiger partial charge in [0, 0.05) is 5.92 Å². The first-order valence-electron chi connectivity index (χ1n) is 5.69. The van der Waals surface area contributed by atoms with Gasteiger partial charge < -0.3 is 19.3 Å². The van der Waals surface area contributed by atoms with Gasteiger partial charge in [-0.3, -0.25) is 0 Å². The molecule has 0 radical (unpaired) electrons. The molecule has 0 aromatic rings. The van der Waals surface area contributed by atoms with Gasteiger partial charge in [-0.05, 0) is 5.92 Å². The second kappa shape index (κ2) is 4.78. The summed E-state index contributed by atoms with van der Waals surface area (Å²) < 4.78 is 17.0. The van der Waals surface area contributed by atoms with Crippen LogP contribution >= 0.6 is 0 Å². The largest absolute Gasteiger partial charge is 0.394 e. The molecule has 0 aliphatic carbocycles. The van der Waals surface area contributed by atoms with Crippen LogP contribution in [-0.2, 0) is 14.2 Å². The van der Waals surface area contributed by atoms with Crippen molar-refractivity contribution in [1.82, 2.24) is 0 Å². The maximum atomic E-state index is 8.70. The number of fused-ring (bicyclic) bond motifs is 1. The zero-order chi connectivity index (χ0) is 10.8.